The van der Waals surface area contributed by atoms with Gasteiger partial charge in [-0.3, -0.25) is 0 Å². The van der Waals surface area contributed by atoms with Gasteiger partial charge in [0.25, 0.3) is 0 Å². The zero-order valence-corrected chi connectivity index (χ0v) is 15.6. The van der Waals surface area contributed by atoms with Gasteiger partial charge < -0.3 is 14.2 Å². The summed E-state index contributed by atoms with van der Waals surface area (Å²) in [5, 5.41) is 0. The number of halogens is 1. The van der Waals surface area contributed by atoms with Gasteiger partial charge in [0.1, 0.15) is 5.75 Å². The van der Waals surface area contributed by atoms with E-state index in [2.05, 4.69) is 24.3 Å². The quantitative estimate of drug-likeness (QED) is 0.719. The maximum absolute atomic E-state index is 6.99. The third-order valence-corrected chi connectivity index (χ3v) is 5.85. The fourth-order valence-electron chi connectivity index (χ4n) is 3.82. The Hall–Kier alpha value is -1.81. The van der Waals surface area contributed by atoms with Gasteiger partial charge in [0.15, 0.2) is 0 Å². The van der Waals surface area contributed by atoms with Crippen molar-refractivity contribution in [3.63, 3.8) is 0 Å². The number of methoxy groups -OCH3 is 1. The monoisotopic (exact) mass is 370 g/mol. The van der Waals surface area contributed by atoms with Crippen LogP contribution in [0.3, 0.4) is 0 Å². The molecule has 0 radical (unpaired) electrons. The zero-order chi connectivity index (χ0) is 18.0. The van der Waals surface area contributed by atoms with Crippen molar-refractivity contribution in [2.24, 2.45) is 5.92 Å². The molecule has 0 spiro atoms. The van der Waals surface area contributed by atoms with Crippen LogP contribution in [0.2, 0.25) is 0 Å². The lowest BCUT2D eigenvalue weighted by Gasteiger charge is -2.37. The lowest BCUT2D eigenvalue weighted by Crippen LogP contribution is -2.43. The molecular formula is C22H23ClO3. The summed E-state index contributed by atoms with van der Waals surface area (Å²) < 4.78 is 17.4. The van der Waals surface area contributed by atoms with Crippen LogP contribution in [0, 0.1) is 5.92 Å². The van der Waals surface area contributed by atoms with E-state index >= 15 is 0 Å². The molecule has 0 bridgehead atoms. The van der Waals surface area contributed by atoms with Crippen LogP contribution in [0.15, 0.2) is 60.7 Å². The van der Waals surface area contributed by atoms with Crippen molar-refractivity contribution in [1.82, 2.24) is 0 Å². The molecule has 2 aromatic rings. The number of rotatable bonds is 4. The van der Waals surface area contributed by atoms with Crippen molar-refractivity contribution in [2.75, 3.05) is 20.3 Å². The highest BCUT2D eigenvalue weighted by molar-refractivity contribution is 6.24. The molecule has 0 N–H and O–H groups in total. The topological polar surface area (TPSA) is 27.7 Å². The lowest BCUT2D eigenvalue weighted by atomic mass is 9.82. The summed E-state index contributed by atoms with van der Waals surface area (Å²) in [6.45, 7) is 1.15. The normalized spacial score (nSPS) is 31.1. The van der Waals surface area contributed by atoms with Gasteiger partial charge in [-0.15, -0.1) is 11.6 Å². The molecule has 0 aliphatic carbocycles. The van der Waals surface area contributed by atoms with Crippen LogP contribution in [0.1, 0.15) is 23.7 Å². The Balaban J connectivity index is 1.45. The second-order valence-electron chi connectivity index (χ2n) is 6.99. The molecule has 2 aliphatic heterocycles. The van der Waals surface area contributed by atoms with Crippen molar-refractivity contribution >= 4 is 17.7 Å². The molecule has 0 amide bonds. The highest BCUT2D eigenvalue weighted by Gasteiger charge is 2.52. The summed E-state index contributed by atoms with van der Waals surface area (Å²) in [6.07, 6.45) is 4.95. The average molecular weight is 371 g/mol. The molecule has 2 aromatic carbocycles. The first kappa shape index (κ1) is 17.6. The van der Waals surface area contributed by atoms with E-state index in [0.29, 0.717) is 13.2 Å². The molecule has 4 atom stereocenters. The second-order valence-corrected chi connectivity index (χ2v) is 7.74. The van der Waals surface area contributed by atoms with Crippen molar-refractivity contribution in [3.8, 4) is 5.75 Å². The number of hydrogen-bond donors (Lipinski definition) is 0. The largest absolute Gasteiger partial charge is 0.497 e. The summed E-state index contributed by atoms with van der Waals surface area (Å²) in [5.74, 6) is 0.994. The van der Waals surface area contributed by atoms with Gasteiger partial charge in [-0.1, -0.05) is 54.6 Å². The van der Waals surface area contributed by atoms with Crippen LogP contribution >= 0.6 is 11.6 Å². The minimum absolute atomic E-state index is 0.0159. The predicted molar refractivity (Wildman–Crippen MR) is 104 cm³/mol. The minimum atomic E-state index is -0.380. The highest BCUT2D eigenvalue weighted by Crippen LogP contribution is 2.50. The van der Waals surface area contributed by atoms with E-state index in [-0.39, 0.29) is 23.0 Å². The summed E-state index contributed by atoms with van der Waals surface area (Å²) in [7, 11) is 1.67. The molecule has 3 nitrogen and oxygen atoms in total. The van der Waals surface area contributed by atoms with Gasteiger partial charge in [0.05, 0.1) is 37.4 Å². The first-order valence-electron chi connectivity index (χ1n) is 8.97. The number of alkyl halides is 1. The molecule has 2 fully saturated rings. The van der Waals surface area contributed by atoms with E-state index in [1.165, 1.54) is 5.56 Å². The van der Waals surface area contributed by atoms with E-state index in [1.54, 1.807) is 7.11 Å². The smallest absolute Gasteiger partial charge is 0.118 e. The van der Waals surface area contributed by atoms with Crippen LogP contribution in [-0.4, -0.2) is 31.3 Å². The molecule has 0 saturated carbocycles. The summed E-state index contributed by atoms with van der Waals surface area (Å²) in [6, 6.07) is 18.3. The van der Waals surface area contributed by atoms with Gasteiger partial charge in [-0.2, -0.15) is 0 Å². The van der Waals surface area contributed by atoms with Crippen LogP contribution in [-0.2, 0) is 9.47 Å². The Kier molecular flexibility index (Phi) is 5.03. The maximum atomic E-state index is 6.99. The van der Waals surface area contributed by atoms with E-state index < -0.39 is 0 Å². The fourth-order valence-corrected chi connectivity index (χ4v) is 4.21. The van der Waals surface area contributed by atoms with Crippen LogP contribution in [0.5, 0.6) is 5.75 Å². The van der Waals surface area contributed by atoms with E-state index in [9.17, 15) is 0 Å². The molecule has 2 heterocycles. The van der Waals surface area contributed by atoms with Crippen LogP contribution in [0.25, 0.3) is 6.08 Å². The lowest BCUT2D eigenvalue weighted by molar-refractivity contribution is -0.0137. The van der Waals surface area contributed by atoms with Crippen molar-refractivity contribution in [3.05, 3.63) is 71.8 Å². The number of benzene rings is 2. The van der Waals surface area contributed by atoms with E-state index in [4.69, 9.17) is 25.8 Å². The van der Waals surface area contributed by atoms with E-state index in [1.807, 2.05) is 42.5 Å². The number of fused-ring (bicyclic) bond motifs is 1. The van der Waals surface area contributed by atoms with Gasteiger partial charge in [-0.05, 0) is 29.7 Å². The molecule has 0 aromatic heterocycles. The Morgan fingerprint density at radius 1 is 1.08 bits per heavy atom. The first-order chi connectivity index (χ1) is 12.7. The van der Waals surface area contributed by atoms with Crippen LogP contribution < -0.4 is 4.74 Å². The molecule has 26 heavy (non-hydrogen) atoms. The predicted octanol–water partition coefficient (Wildman–Crippen LogP) is 4.86. The molecule has 2 saturated heterocycles. The Morgan fingerprint density at radius 3 is 2.58 bits per heavy atom. The molecule has 136 valence electrons. The maximum Gasteiger partial charge on any atom is 0.118 e. The Bertz CT molecular complexity index is 759. The highest BCUT2D eigenvalue weighted by atomic mass is 35.5. The third-order valence-electron chi connectivity index (χ3n) is 5.31. The molecule has 2 aliphatic rings. The zero-order valence-electron chi connectivity index (χ0n) is 14.8. The molecular weight excluding hydrogens is 348 g/mol. The van der Waals surface area contributed by atoms with E-state index in [0.717, 1.165) is 17.7 Å². The SMILES string of the molecule is COc1ccc([C@H]2OC[C@@]3(Cl)C[C@H](/C=C/c4ccccc4)OC[C@@H]23)cc1. The van der Waals surface area contributed by atoms with Gasteiger partial charge in [-0.25, -0.2) is 0 Å². The molecule has 0 unspecified atom stereocenters. The second kappa shape index (κ2) is 7.43. The minimum Gasteiger partial charge on any atom is -0.497 e. The Morgan fingerprint density at radius 2 is 1.85 bits per heavy atom. The molecule has 4 heteroatoms. The summed E-state index contributed by atoms with van der Waals surface area (Å²) in [5.41, 5.74) is 2.29. The summed E-state index contributed by atoms with van der Waals surface area (Å²) >= 11 is 6.99. The van der Waals surface area contributed by atoms with Crippen molar-refractivity contribution in [2.45, 2.75) is 23.5 Å². The van der Waals surface area contributed by atoms with Gasteiger partial charge >= 0.3 is 0 Å². The van der Waals surface area contributed by atoms with Crippen molar-refractivity contribution < 1.29 is 14.2 Å². The standard InChI is InChI=1S/C22H23ClO3/c1-24-18-11-8-17(9-12-18)21-20-14-25-19(13-22(20,23)15-26-21)10-7-16-5-3-2-4-6-16/h2-12,19-21H,13-15H2,1H3/b10-7+/t19-,20-,21+,22-/m0/s1. The average Bonchev–Trinajstić information content (AvgIpc) is 3.03. The van der Waals surface area contributed by atoms with Crippen LogP contribution in [0.4, 0.5) is 0 Å². The molecule has 4 rings (SSSR count). The van der Waals surface area contributed by atoms with Gasteiger partial charge in [0.2, 0.25) is 0 Å². The first-order valence-corrected chi connectivity index (χ1v) is 9.35. The van der Waals surface area contributed by atoms with Crippen molar-refractivity contribution in [1.29, 1.82) is 0 Å². The third kappa shape index (κ3) is 3.52. The number of ether oxygens (including phenoxy) is 3. The van der Waals surface area contributed by atoms with Gasteiger partial charge in [0, 0.05) is 5.92 Å². The fraction of sp³-hybridized carbons (Fsp3) is 0.364. The Labute approximate surface area is 159 Å². The number of hydrogen-bond acceptors (Lipinski definition) is 3. The summed E-state index contributed by atoms with van der Waals surface area (Å²) in [4.78, 5) is -0.380.